The van der Waals surface area contributed by atoms with Gasteiger partial charge in [0.15, 0.2) is 0 Å². The topological polar surface area (TPSA) is 49.4 Å². The first kappa shape index (κ1) is 12.1. The van der Waals surface area contributed by atoms with Crippen LogP contribution in [-0.4, -0.2) is 36.3 Å². The summed E-state index contributed by atoms with van der Waals surface area (Å²) in [6, 6.07) is 7.58. The van der Waals surface area contributed by atoms with E-state index in [9.17, 15) is 9.59 Å². The van der Waals surface area contributed by atoms with Crippen LogP contribution in [0.5, 0.6) is 0 Å². The van der Waals surface area contributed by atoms with Crippen molar-refractivity contribution in [3.8, 4) is 0 Å². The van der Waals surface area contributed by atoms with Gasteiger partial charge in [0.25, 0.3) is 0 Å². The summed E-state index contributed by atoms with van der Waals surface area (Å²) < 4.78 is 0. The third-order valence-corrected chi connectivity index (χ3v) is 2.90. The van der Waals surface area contributed by atoms with Gasteiger partial charge in [0.05, 0.1) is 13.1 Å². The monoisotopic (exact) mass is 252 g/mol. The second kappa shape index (κ2) is 5.29. The number of carbonyl (C=O) groups excluding carboxylic acids is 2. The number of nitrogens with one attached hydrogen (secondary N) is 1. The lowest BCUT2D eigenvalue weighted by Gasteiger charge is -2.25. The minimum Gasteiger partial charge on any atom is -0.294 e. The van der Waals surface area contributed by atoms with E-state index in [1.165, 1.54) is 0 Å². The number of nitrogens with zero attached hydrogens (tertiary/aromatic N) is 1. The van der Waals surface area contributed by atoms with Crippen molar-refractivity contribution < 1.29 is 9.59 Å². The quantitative estimate of drug-likeness (QED) is 0.811. The van der Waals surface area contributed by atoms with Gasteiger partial charge in [-0.25, -0.2) is 0 Å². The summed E-state index contributed by atoms with van der Waals surface area (Å²) in [5, 5.41) is 2.99. The van der Waals surface area contributed by atoms with Crippen LogP contribution in [0.25, 0.3) is 0 Å². The van der Waals surface area contributed by atoms with Gasteiger partial charge in [-0.1, -0.05) is 23.7 Å². The number of rotatable bonds is 3. The van der Waals surface area contributed by atoms with Gasteiger partial charge < -0.3 is 0 Å². The average Bonchev–Trinajstić information content (AvgIpc) is 2.27. The lowest BCUT2D eigenvalue weighted by atomic mass is 10.1. The Kier molecular flexibility index (Phi) is 3.76. The Morgan fingerprint density at radius 3 is 2.29 bits per heavy atom. The smallest absolute Gasteiger partial charge is 0.240 e. The van der Waals surface area contributed by atoms with E-state index in [-0.39, 0.29) is 11.8 Å². The molecule has 4 nitrogen and oxygen atoms in total. The number of piperazine rings is 1. The van der Waals surface area contributed by atoms with Gasteiger partial charge in [-0.05, 0) is 24.1 Å². The molecule has 0 atom stereocenters. The minimum atomic E-state index is -0.225. The molecule has 5 heteroatoms. The maximum atomic E-state index is 11.1. The minimum absolute atomic E-state index is 0.225. The van der Waals surface area contributed by atoms with E-state index < -0.39 is 0 Å². The van der Waals surface area contributed by atoms with E-state index in [1.54, 1.807) is 0 Å². The van der Waals surface area contributed by atoms with Gasteiger partial charge >= 0.3 is 0 Å². The van der Waals surface area contributed by atoms with Crippen molar-refractivity contribution in [3.05, 3.63) is 34.9 Å². The molecule has 0 bridgehead atoms. The Bertz CT molecular complexity index is 415. The Morgan fingerprint density at radius 1 is 1.12 bits per heavy atom. The molecule has 1 aliphatic rings. The van der Waals surface area contributed by atoms with E-state index in [2.05, 4.69) is 5.32 Å². The molecule has 0 spiro atoms. The highest BCUT2D eigenvalue weighted by Crippen LogP contribution is 2.10. The summed E-state index contributed by atoms with van der Waals surface area (Å²) in [4.78, 5) is 24.1. The molecule has 0 unspecified atom stereocenters. The van der Waals surface area contributed by atoms with Crippen LogP contribution in [0.1, 0.15) is 5.56 Å². The largest absolute Gasteiger partial charge is 0.294 e. The van der Waals surface area contributed by atoms with Gasteiger partial charge in [-0.2, -0.15) is 0 Å². The van der Waals surface area contributed by atoms with Gasteiger partial charge in [0, 0.05) is 11.6 Å². The Hall–Kier alpha value is -1.39. The van der Waals surface area contributed by atoms with Crippen molar-refractivity contribution in [3.63, 3.8) is 0 Å². The molecule has 17 heavy (non-hydrogen) atoms. The van der Waals surface area contributed by atoms with Crippen molar-refractivity contribution in [2.24, 2.45) is 0 Å². The number of carbonyl (C=O) groups is 2. The van der Waals surface area contributed by atoms with E-state index >= 15 is 0 Å². The summed E-state index contributed by atoms with van der Waals surface area (Å²) in [6.45, 7) is 1.28. The van der Waals surface area contributed by atoms with E-state index in [0.29, 0.717) is 24.7 Å². The average molecular weight is 253 g/mol. The molecule has 1 saturated heterocycles. The normalized spacial score (nSPS) is 17.0. The molecule has 1 aliphatic heterocycles. The first-order valence-corrected chi connectivity index (χ1v) is 5.81. The van der Waals surface area contributed by atoms with Crippen LogP contribution in [0.3, 0.4) is 0 Å². The second-order valence-electron chi connectivity index (χ2n) is 4.06. The van der Waals surface area contributed by atoms with Crippen molar-refractivity contribution >= 4 is 23.4 Å². The fraction of sp³-hybridized carbons (Fsp3) is 0.333. The van der Waals surface area contributed by atoms with Crippen LogP contribution in [0, 0.1) is 0 Å². The predicted octanol–water partition coefficient (Wildman–Crippen LogP) is 0.841. The summed E-state index contributed by atoms with van der Waals surface area (Å²) >= 11 is 5.79. The molecule has 90 valence electrons. The zero-order valence-electron chi connectivity index (χ0n) is 9.28. The van der Waals surface area contributed by atoms with E-state index in [0.717, 1.165) is 12.0 Å². The lowest BCUT2D eigenvalue weighted by molar-refractivity contribution is -0.135. The first-order valence-electron chi connectivity index (χ1n) is 5.43. The Morgan fingerprint density at radius 2 is 1.71 bits per heavy atom. The summed E-state index contributed by atoms with van der Waals surface area (Å²) in [5.74, 6) is -0.449. The molecule has 1 N–H and O–H groups in total. The third-order valence-electron chi connectivity index (χ3n) is 2.64. The molecule has 1 aromatic carbocycles. The molecule has 1 fully saturated rings. The number of hydrogen-bond acceptors (Lipinski definition) is 3. The zero-order valence-corrected chi connectivity index (χ0v) is 10.0. The number of halogens is 1. The Labute approximate surface area is 105 Å². The molecule has 2 amide bonds. The number of hydrogen-bond donors (Lipinski definition) is 1. The molecule has 0 aliphatic carbocycles. The van der Waals surface area contributed by atoms with Crippen molar-refractivity contribution in [1.29, 1.82) is 0 Å². The second-order valence-corrected chi connectivity index (χ2v) is 4.49. The number of benzene rings is 1. The van der Waals surface area contributed by atoms with Gasteiger partial charge in [-0.15, -0.1) is 0 Å². The fourth-order valence-electron chi connectivity index (χ4n) is 1.79. The fourth-order valence-corrected chi connectivity index (χ4v) is 1.92. The Balaban J connectivity index is 1.87. The van der Waals surface area contributed by atoms with Crippen molar-refractivity contribution in [1.82, 2.24) is 10.2 Å². The SMILES string of the molecule is O=C1CN(CCc2ccc(Cl)cc2)CC(=O)N1. The van der Waals surface area contributed by atoms with Crippen LogP contribution in [0.4, 0.5) is 0 Å². The van der Waals surface area contributed by atoms with Crippen LogP contribution >= 0.6 is 11.6 Å². The first-order chi connectivity index (χ1) is 8.13. The molecule has 1 aromatic rings. The summed E-state index contributed by atoms with van der Waals surface area (Å²) in [5.41, 5.74) is 1.15. The standard InChI is InChI=1S/C12H13ClN2O2/c13-10-3-1-9(2-4-10)5-6-15-7-11(16)14-12(17)8-15/h1-4H,5-8H2,(H,14,16,17). The summed E-state index contributed by atoms with van der Waals surface area (Å²) in [6.07, 6.45) is 0.803. The van der Waals surface area contributed by atoms with Crippen LogP contribution in [-0.2, 0) is 16.0 Å². The predicted molar refractivity (Wildman–Crippen MR) is 64.7 cm³/mol. The maximum absolute atomic E-state index is 11.1. The summed E-state index contributed by atoms with van der Waals surface area (Å²) in [7, 11) is 0. The molecular weight excluding hydrogens is 240 g/mol. The lowest BCUT2D eigenvalue weighted by Crippen LogP contribution is -2.51. The van der Waals surface area contributed by atoms with E-state index in [1.807, 2.05) is 29.2 Å². The van der Waals surface area contributed by atoms with Crippen molar-refractivity contribution in [2.75, 3.05) is 19.6 Å². The molecule has 0 radical (unpaired) electrons. The molecule has 0 saturated carbocycles. The zero-order chi connectivity index (χ0) is 12.3. The van der Waals surface area contributed by atoms with Crippen LogP contribution in [0.2, 0.25) is 5.02 Å². The highest BCUT2D eigenvalue weighted by Gasteiger charge is 2.21. The van der Waals surface area contributed by atoms with Gasteiger partial charge in [0.2, 0.25) is 11.8 Å². The number of imide groups is 1. The van der Waals surface area contributed by atoms with Crippen LogP contribution in [0.15, 0.2) is 24.3 Å². The van der Waals surface area contributed by atoms with Crippen LogP contribution < -0.4 is 5.32 Å². The molecular formula is C12H13ClN2O2. The van der Waals surface area contributed by atoms with Crippen molar-refractivity contribution in [2.45, 2.75) is 6.42 Å². The van der Waals surface area contributed by atoms with Gasteiger partial charge in [-0.3, -0.25) is 19.8 Å². The highest BCUT2D eigenvalue weighted by atomic mass is 35.5. The number of amides is 2. The highest BCUT2D eigenvalue weighted by molar-refractivity contribution is 6.30. The molecule has 2 rings (SSSR count). The van der Waals surface area contributed by atoms with Gasteiger partial charge in [0.1, 0.15) is 0 Å². The molecule has 1 heterocycles. The third kappa shape index (κ3) is 3.54. The van der Waals surface area contributed by atoms with E-state index in [4.69, 9.17) is 11.6 Å². The molecule has 0 aromatic heterocycles. The maximum Gasteiger partial charge on any atom is 0.240 e.